The Morgan fingerprint density at radius 2 is 1.86 bits per heavy atom. The van der Waals surface area contributed by atoms with E-state index < -0.39 is 0 Å². The monoisotopic (exact) mass is 277 g/mol. The van der Waals surface area contributed by atoms with Crippen molar-refractivity contribution in [2.75, 3.05) is 0 Å². The summed E-state index contributed by atoms with van der Waals surface area (Å²) < 4.78 is 0. The third-order valence-electron chi connectivity index (χ3n) is 4.00. The number of Topliss-reactive ketones (excluding diaryl/α,β-unsaturated/α-hetero) is 1. The van der Waals surface area contributed by atoms with Crippen LogP contribution in [0.4, 0.5) is 0 Å². The smallest absolute Gasteiger partial charge is 0.163 e. The van der Waals surface area contributed by atoms with Gasteiger partial charge in [0.2, 0.25) is 0 Å². The predicted molar refractivity (Wildman–Crippen MR) is 79.3 cm³/mol. The van der Waals surface area contributed by atoms with Crippen molar-refractivity contribution in [3.8, 4) is 11.8 Å². The number of benzene rings is 2. The number of hydrogen-bond donors (Lipinski definition) is 1. The third kappa shape index (κ3) is 2.53. The molecule has 3 nitrogen and oxygen atoms in total. The van der Waals surface area contributed by atoms with Gasteiger partial charge in [0.15, 0.2) is 5.78 Å². The molecule has 3 rings (SSSR count). The van der Waals surface area contributed by atoms with Crippen LogP contribution in [0.15, 0.2) is 36.4 Å². The summed E-state index contributed by atoms with van der Waals surface area (Å²) in [5, 5.41) is 19.0. The van der Waals surface area contributed by atoms with E-state index in [0.717, 1.165) is 35.1 Å². The molecule has 2 aromatic carbocycles. The SMILES string of the molecule is N#Cc1ccc(Cc2c(O)ccc3c2CCCC3=O)cc1. The van der Waals surface area contributed by atoms with Gasteiger partial charge in [0.25, 0.3) is 0 Å². The van der Waals surface area contributed by atoms with Crippen LogP contribution in [-0.4, -0.2) is 10.9 Å². The number of ketones is 1. The largest absolute Gasteiger partial charge is 0.508 e. The Hall–Kier alpha value is -2.60. The Balaban J connectivity index is 2.00. The first-order valence-electron chi connectivity index (χ1n) is 7.05. The van der Waals surface area contributed by atoms with E-state index in [2.05, 4.69) is 6.07 Å². The molecule has 0 fully saturated rings. The molecule has 1 N–H and O–H groups in total. The highest BCUT2D eigenvalue weighted by Gasteiger charge is 2.21. The minimum atomic E-state index is 0.164. The average molecular weight is 277 g/mol. The maximum absolute atomic E-state index is 12.0. The van der Waals surface area contributed by atoms with Crippen LogP contribution in [0, 0.1) is 11.3 Å². The van der Waals surface area contributed by atoms with E-state index in [1.165, 1.54) is 0 Å². The topological polar surface area (TPSA) is 61.1 Å². The molecule has 0 radical (unpaired) electrons. The predicted octanol–water partition coefficient (Wildman–Crippen LogP) is 3.37. The normalized spacial score (nSPS) is 13.6. The van der Waals surface area contributed by atoms with Gasteiger partial charge in [-0.3, -0.25) is 4.79 Å². The molecular weight excluding hydrogens is 262 g/mol. The van der Waals surface area contributed by atoms with Gasteiger partial charge in [0.1, 0.15) is 5.75 Å². The molecule has 0 saturated carbocycles. The van der Waals surface area contributed by atoms with Crippen LogP contribution in [0.25, 0.3) is 0 Å². The van der Waals surface area contributed by atoms with Crippen molar-refractivity contribution < 1.29 is 9.90 Å². The van der Waals surface area contributed by atoms with Gasteiger partial charge < -0.3 is 5.11 Å². The first-order chi connectivity index (χ1) is 10.2. The Morgan fingerprint density at radius 3 is 2.57 bits per heavy atom. The summed E-state index contributed by atoms with van der Waals surface area (Å²) in [6, 6.07) is 12.8. The van der Waals surface area contributed by atoms with Crippen molar-refractivity contribution in [3.05, 3.63) is 64.2 Å². The van der Waals surface area contributed by atoms with Crippen molar-refractivity contribution >= 4 is 5.78 Å². The fraction of sp³-hybridized carbons (Fsp3) is 0.222. The fourth-order valence-electron chi connectivity index (χ4n) is 2.89. The highest BCUT2D eigenvalue weighted by molar-refractivity contribution is 5.99. The first-order valence-corrected chi connectivity index (χ1v) is 7.05. The summed E-state index contributed by atoms with van der Waals surface area (Å²) in [7, 11) is 0. The highest BCUT2D eigenvalue weighted by Crippen LogP contribution is 2.32. The maximum atomic E-state index is 12.0. The molecule has 0 heterocycles. The number of nitriles is 1. The number of aromatic hydroxyl groups is 1. The van der Waals surface area contributed by atoms with Crippen LogP contribution in [-0.2, 0) is 12.8 Å². The van der Waals surface area contributed by atoms with E-state index in [1.807, 2.05) is 12.1 Å². The molecule has 3 heteroatoms. The van der Waals surface area contributed by atoms with E-state index in [9.17, 15) is 9.90 Å². The molecule has 0 saturated heterocycles. The van der Waals surface area contributed by atoms with Gasteiger partial charge in [0.05, 0.1) is 11.6 Å². The zero-order valence-electron chi connectivity index (χ0n) is 11.6. The van der Waals surface area contributed by atoms with Crippen LogP contribution >= 0.6 is 0 Å². The summed E-state index contributed by atoms with van der Waals surface area (Å²) in [6.07, 6.45) is 2.85. The highest BCUT2D eigenvalue weighted by atomic mass is 16.3. The quantitative estimate of drug-likeness (QED) is 0.915. The van der Waals surface area contributed by atoms with Gasteiger partial charge in [-0.1, -0.05) is 12.1 Å². The lowest BCUT2D eigenvalue weighted by Crippen LogP contribution is -2.13. The summed E-state index contributed by atoms with van der Waals surface area (Å²) in [6.45, 7) is 0. The van der Waals surface area contributed by atoms with Crippen LogP contribution in [0.5, 0.6) is 5.75 Å². The average Bonchev–Trinajstić information content (AvgIpc) is 2.51. The number of rotatable bonds is 2. The summed E-state index contributed by atoms with van der Waals surface area (Å²) in [4.78, 5) is 12.0. The molecule has 2 aromatic rings. The molecule has 1 aliphatic rings. The molecule has 21 heavy (non-hydrogen) atoms. The van der Waals surface area contributed by atoms with E-state index in [4.69, 9.17) is 5.26 Å². The second kappa shape index (κ2) is 5.41. The number of phenolic OH excluding ortho intramolecular Hbond substituents is 1. The van der Waals surface area contributed by atoms with Gasteiger partial charge >= 0.3 is 0 Å². The second-order valence-electron chi connectivity index (χ2n) is 5.35. The molecule has 0 unspecified atom stereocenters. The number of hydrogen-bond acceptors (Lipinski definition) is 3. The van der Waals surface area contributed by atoms with E-state index >= 15 is 0 Å². The Morgan fingerprint density at radius 1 is 1.10 bits per heavy atom. The van der Waals surface area contributed by atoms with Crippen LogP contribution < -0.4 is 0 Å². The third-order valence-corrected chi connectivity index (χ3v) is 4.00. The van der Waals surface area contributed by atoms with Crippen LogP contribution in [0.1, 0.15) is 45.5 Å². The molecule has 0 bridgehead atoms. The van der Waals surface area contributed by atoms with Crippen LogP contribution in [0.2, 0.25) is 0 Å². The van der Waals surface area contributed by atoms with Crippen molar-refractivity contribution in [2.24, 2.45) is 0 Å². The molecule has 0 spiro atoms. The van der Waals surface area contributed by atoms with E-state index in [0.29, 0.717) is 18.4 Å². The number of nitrogens with zero attached hydrogens (tertiary/aromatic N) is 1. The van der Waals surface area contributed by atoms with Gasteiger partial charge in [-0.2, -0.15) is 5.26 Å². The number of carbonyl (C=O) groups is 1. The van der Waals surface area contributed by atoms with Crippen LogP contribution in [0.3, 0.4) is 0 Å². The lowest BCUT2D eigenvalue weighted by atomic mass is 9.85. The van der Waals surface area contributed by atoms with Crippen molar-refractivity contribution in [2.45, 2.75) is 25.7 Å². The lowest BCUT2D eigenvalue weighted by molar-refractivity contribution is 0.0972. The molecule has 0 amide bonds. The number of carbonyl (C=O) groups excluding carboxylic acids is 1. The summed E-state index contributed by atoms with van der Waals surface area (Å²) >= 11 is 0. The summed E-state index contributed by atoms with van der Waals surface area (Å²) in [5.74, 6) is 0.408. The fourth-order valence-corrected chi connectivity index (χ4v) is 2.89. The minimum Gasteiger partial charge on any atom is -0.508 e. The van der Waals surface area contributed by atoms with Gasteiger partial charge in [-0.25, -0.2) is 0 Å². The molecule has 104 valence electrons. The molecular formula is C18H15NO2. The van der Waals surface area contributed by atoms with Gasteiger partial charge in [-0.05, 0) is 48.2 Å². The maximum Gasteiger partial charge on any atom is 0.163 e. The molecule has 1 aliphatic carbocycles. The van der Waals surface area contributed by atoms with Crippen molar-refractivity contribution in [3.63, 3.8) is 0 Å². The molecule has 0 atom stereocenters. The number of fused-ring (bicyclic) bond motifs is 1. The summed E-state index contributed by atoms with van der Waals surface area (Å²) in [5.41, 5.74) is 4.22. The van der Waals surface area contributed by atoms with E-state index in [1.54, 1.807) is 24.3 Å². The minimum absolute atomic E-state index is 0.164. The van der Waals surface area contributed by atoms with E-state index in [-0.39, 0.29) is 11.5 Å². The standard InChI is InChI=1S/C18H15NO2/c19-11-13-6-4-12(5-7-13)10-16-14-2-1-3-17(20)15(14)8-9-18(16)21/h4-9,21H,1-3,10H2. The molecule has 0 aliphatic heterocycles. The van der Waals surface area contributed by atoms with Gasteiger partial charge in [0, 0.05) is 24.0 Å². The lowest BCUT2D eigenvalue weighted by Gasteiger charge is -2.19. The van der Waals surface area contributed by atoms with Crippen molar-refractivity contribution in [1.29, 1.82) is 5.26 Å². The number of phenols is 1. The van der Waals surface area contributed by atoms with Crippen molar-refractivity contribution in [1.82, 2.24) is 0 Å². The zero-order chi connectivity index (χ0) is 14.8. The second-order valence-corrected chi connectivity index (χ2v) is 5.35. The Kier molecular flexibility index (Phi) is 3.45. The Bertz CT molecular complexity index is 739. The molecule has 0 aromatic heterocycles. The zero-order valence-corrected chi connectivity index (χ0v) is 11.6. The first kappa shape index (κ1) is 13.4. The van der Waals surface area contributed by atoms with Gasteiger partial charge in [-0.15, -0.1) is 0 Å². The Labute approximate surface area is 123 Å².